The highest BCUT2D eigenvalue weighted by Gasteiger charge is 2.08. The molecule has 0 aliphatic heterocycles. The molecule has 3 nitrogen and oxygen atoms in total. The lowest BCUT2D eigenvalue weighted by Crippen LogP contribution is -2.22. The molecule has 0 saturated carbocycles. The topological polar surface area (TPSA) is 34.1 Å². The third kappa shape index (κ3) is 4.28. The molecule has 0 fully saturated rings. The Morgan fingerprint density at radius 2 is 2.20 bits per heavy atom. The van der Waals surface area contributed by atoms with E-state index in [0.717, 1.165) is 16.3 Å². The molecule has 2 rings (SSSR count). The van der Waals surface area contributed by atoms with E-state index in [2.05, 4.69) is 24.1 Å². The number of halogens is 1. The number of nitrogens with zero attached hydrogens (tertiary/aromatic N) is 1. The van der Waals surface area contributed by atoms with E-state index >= 15 is 0 Å². The first-order valence-corrected chi connectivity index (χ1v) is 7.48. The molecule has 0 unspecified atom stereocenters. The SMILES string of the molecule is Cc1csc(COc2ccc(F)cc2CNC(C)C)n1. The van der Waals surface area contributed by atoms with Crippen molar-refractivity contribution in [2.45, 2.75) is 40.0 Å². The fraction of sp³-hybridized carbons (Fsp3) is 0.400. The number of ether oxygens (including phenoxy) is 1. The lowest BCUT2D eigenvalue weighted by atomic mass is 10.2. The molecule has 0 bridgehead atoms. The standard InChI is InChI=1S/C15H19FN2OS/c1-10(2)17-7-12-6-13(16)4-5-14(12)19-8-15-18-11(3)9-20-15/h4-6,9-10,17H,7-8H2,1-3H3. The number of benzene rings is 1. The van der Waals surface area contributed by atoms with Crippen molar-refractivity contribution in [3.63, 3.8) is 0 Å². The second-order valence-corrected chi connectivity index (χ2v) is 5.90. The van der Waals surface area contributed by atoms with Gasteiger partial charge >= 0.3 is 0 Å². The highest BCUT2D eigenvalue weighted by atomic mass is 32.1. The first kappa shape index (κ1) is 14.9. The largest absolute Gasteiger partial charge is 0.486 e. The van der Waals surface area contributed by atoms with Crippen LogP contribution in [0.5, 0.6) is 5.75 Å². The van der Waals surface area contributed by atoms with E-state index in [-0.39, 0.29) is 5.82 Å². The van der Waals surface area contributed by atoms with Gasteiger partial charge in [-0.2, -0.15) is 0 Å². The fourth-order valence-electron chi connectivity index (χ4n) is 1.75. The summed E-state index contributed by atoms with van der Waals surface area (Å²) in [5.74, 6) is 0.454. The summed E-state index contributed by atoms with van der Waals surface area (Å²) in [4.78, 5) is 4.35. The van der Waals surface area contributed by atoms with E-state index in [1.807, 2.05) is 12.3 Å². The third-order valence-corrected chi connectivity index (χ3v) is 3.68. The van der Waals surface area contributed by atoms with Gasteiger partial charge in [-0.25, -0.2) is 9.37 Å². The van der Waals surface area contributed by atoms with Gasteiger partial charge in [-0.15, -0.1) is 11.3 Å². The van der Waals surface area contributed by atoms with E-state index in [1.165, 1.54) is 12.1 Å². The number of hydrogen-bond donors (Lipinski definition) is 1. The van der Waals surface area contributed by atoms with Gasteiger partial charge in [-0.3, -0.25) is 0 Å². The molecule has 1 heterocycles. The summed E-state index contributed by atoms with van der Waals surface area (Å²) < 4.78 is 19.1. The number of aromatic nitrogens is 1. The predicted octanol–water partition coefficient (Wildman–Crippen LogP) is 3.67. The Morgan fingerprint density at radius 1 is 1.40 bits per heavy atom. The molecule has 1 aromatic carbocycles. The van der Waals surface area contributed by atoms with Crippen molar-refractivity contribution in [2.24, 2.45) is 0 Å². The lowest BCUT2D eigenvalue weighted by Gasteiger charge is -2.13. The Hall–Kier alpha value is -1.46. The van der Waals surface area contributed by atoms with Crippen LogP contribution in [-0.4, -0.2) is 11.0 Å². The maximum atomic E-state index is 13.3. The number of aryl methyl sites for hydroxylation is 1. The van der Waals surface area contributed by atoms with Crippen molar-refractivity contribution in [1.29, 1.82) is 0 Å². The maximum Gasteiger partial charge on any atom is 0.140 e. The van der Waals surface area contributed by atoms with Crippen molar-refractivity contribution < 1.29 is 9.13 Å². The minimum Gasteiger partial charge on any atom is -0.486 e. The minimum atomic E-state index is -0.247. The molecule has 0 atom stereocenters. The molecule has 2 aromatic rings. The zero-order chi connectivity index (χ0) is 14.5. The Kier molecular flexibility index (Phi) is 5.09. The summed E-state index contributed by atoms with van der Waals surface area (Å²) in [5.41, 5.74) is 1.82. The predicted molar refractivity (Wildman–Crippen MR) is 79.6 cm³/mol. The van der Waals surface area contributed by atoms with Crippen LogP contribution in [-0.2, 0) is 13.2 Å². The molecule has 0 aliphatic rings. The quantitative estimate of drug-likeness (QED) is 0.882. The van der Waals surface area contributed by atoms with Crippen LogP contribution >= 0.6 is 11.3 Å². The minimum absolute atomic E-state index is 0.247. The summed E-state index contributed by atoms with van der Waals surface area (Å²) in [6, 6.07) is 4.94. The van der Waals surface area contributed by atoms with Crippen LogP contribution in [0.25, 0.3) is 0 Å². The molecule has 0 radical (unpaired) electrons. The smallest absolute Gasteiger partial charge is 0.140 e. The van der Waals surface area contributed by atoms with Crippen molar-refractivity contribution in [2.75, 3.05) is 0 Å². The number of nitrogens with one attached hydrogen (secondary N) is 1. The van der Waals surface area contributed by atoms with Crippen LogP contribution in [0.3, 0.4) is 0 Å². The summed E-state index contributed by atoms with van der Waals surface area (Å²) in [7, 11) is 0. The average molecular weight is 294 g/mol. The lowest BCUT2D eigenvalue weighted by molar-refractivity contribution is 0.300. The Morgan fingerprint density at radius 3 is 2.85 bits per heavy atom. The van der Waals surface area contributed by atoms with Gasteiger partial charge in [-0.05, 0) is 25.1 Å². The molecule has 0 amide bonds. The Balaban J connectivity index is 2.05. The monoisotopic (exact) mass is 294 g/mol. The average Bonchev–Trinajstić information content (AvgIpc) is 2.81. The van der Waals surface area contributed by atoms with Gasteiger partial charge in [0.05, 0.1) is 0 Å². The molecule has 20 heavy (non-hydrogen) atoms. The fourth-order valence-corrected chi connectivity index (χ4v) is 2.43. The number of hydrogen-bond acceptors (Lipinski definition) is 4. The highest BCUT2D eigenvalue weighted by Crippen LogP contribution is 2.22. The van der Waals surface area contributed by atoms with Gasteiger partial charge in [0.1, 0.15) is 23.2 Å². The van der Waals surface area contributed by atoms with E-state index in [4.69, 9.17) is 4.74 Å². The van der Waals surface area contributed by atoms with E-state index in [0.29, 0.717) is 24.9 Å². The van der Waals surface area contributed by atoms with Crippen LogP contribution in [0.2, 0.25) is 0 Å². The van der Waals surface area contributed by atoms with E-state index < -0.39 is 0 Å². The normalized spacial score (nSPS) is 11.1. The maximum absolute atomic E-state index is 13.3. The first-order chi connectivity index (χ1) is 9.54. The van der Waals surface area contributed by atoms with Crippen LogP contribution in [0.15, 0.2) is 23.6 Å². The molecule has 1 aromatic heterocycles. The molecule has 0 spiro atoms. The Labute approximate surface area is 122 Å². The summed E-state index contributed by atoms with van der Waals surface area (Å²) in [6.45, 7) is 7.06. The van der Waals surface area contributed by atoms with Crippen molar-refractivity contribution in [3.8, 4) is 5.75 Å². The summed E-state index contributed by atoms with van der Waals surface area (Å²) in [6.07, 6.45) is 0. The van der Waals surface area contributed by atoms with Gasteiger partial charge in [-0.1, -0.05) is 13.8 Å². The van der Waals surface area contributed by atoms with Gasteiger partial charge < -0.3 is 10.1 Å². The second kappa shape index (κ2) is 6.81. The molecule has 108 valence electrons. The van der Waals surface area contributed by atoms with Crippen LogP contribution < -0.4 is 10.1 Å². The van der Waals surface area contributed by atoms with Crippen molar-refractivity contribution in [1.82, 2.24) is 10.3 Å². The van der Waals surface area contributed by atoms with Gasteiger partial charge in [0.25, 0.3) is 0 Å². The zero-order valence-electron chi connectivity index (χ0n) is 11.9. The second-order valence-electron chi connectivity index (χ2n) is 4.96. The van der Waals surface area contributed by atoms with Gasteiger partial charge in [0.2, 0.25) is 0 Å². The van der Waals surface area contributed by atoms with E-state index in [9.17, 15) is 4.39 Å². The van der Waals surface area contributed by atoms with Crippen LogP contribution in [0.4, 0.5) is 4.39 Å². The van der Waals surface area contributed by atoms with Crippen molar-refractivity contribution in [3.05, 3.63) is 45.7 Å². The molecule has 5 heteroatoms. The summed E-state index contributed by atoms with van der Waals surface area (Å²) >= 11 is 1.57. The van der Waals surface area contributed by atoms with Gasteiger partial charge in [0.15, 0.2) is 0 Å². The summed E-state index contributed by atoms with van der Waals surface area (Å²) in [5, 5.41) is 6.19. The third-order valence-electron chi connectivity index (χ3n) is 2.74. The highest BCUT2D eigenvalue weighted by molar-refractivity contribution is 7.09. The van der Waals surface area contributed by atoms with Crippen molar-refractivity contribution >= 4 is 11.3 Å². The van der Waals surface area contributed by atoms with E-state index in [1.54, 1.807) is 17.4 Å². The van der Waals surface area contributed by atoms with Crippen LogP contribution in [0.1, 0.15) is 30.1 Å². The van der Waals surface area contributed by atoms with Crippen LogP contribution in [0, 0.1) is 12.7 Å². The number of thiazole rings is 1. The Bertz CT molecular complexity index is 569. The molecular formula is C15H19FN2OS. The molecule has 1 N–H and O–H groups in total. The molecular weight excluding hydrogens is 275 g/mol. The number of rotatable bonds is 6. The van der Waals surface area contributed by atoms with Gasteiger partial charge in [0, 0.05) is 29.2 Å². The molecule has 0 aliphatic carbocycles. The molecule has 0 saturated heterocycles. The zero-order valence-corrected chi connectivity index (χ0v) is 12.8. The first-order valence-electron chi connectivity index (χ1n) is 6.60.